The van der Waals surface area contributed by atoms with E-state index in [9.17, 15) is 16.8 Å². The summed E-state index contributed by atoms with van der Waals surface area (Å²) in [6, 6.07) is 0. The van der Waals surface area contributed by atoms with E-state index in [4.69, 9.17) is 11.6 Å². The van der Waals surface area contributed by atoms with Crippen LogP contribution in [0.4, 0.5) is 0 Å². The van der Waals surface area contributed by atoms with E-state index < -0.39 is 25.3 Å². The van der Waals surface area contributed by atoms with Crippen molar-refractivity contribution in [1.82, 2.24) is 9.03 Å². The number of halogens is 1. The van der Waals surface area contributed by atoms with Gasteiger partial charge in [-0.3, -0.25) is 0 Å². The Hall–Kier alpha value is 0.110. The maximum absolute atomic E-state index is 11.2. The summed E-state index contributed by atoms with van der Waals surface area (Å²) < 4.78 is 47.0. The molecule has 0 aliphatic heterocycles. The molecule has 0 aromatic carbocycles. The van der Waals surface area contributed by atoms with Gasteiger partial charge in [-0.2, -0.15) is 0 Å². The quantitative estimate of drug-likeness (QED) is 0.624. The monoisotopic (exact) mass is 264 g/mol. The average molecular weight is 265 g/mol. The highest BCUT2D eigenvalue weighted by atomic mass is 35.5. The lowest BCUT2D eigenvalue weighted by molar-refractivity contribution is 0.519. The van der Waals surface area contributed by atoms with Crippen LogP contribution in [-0.4, -0.2) is 52.7 Å². The molecule has 0 heterocycles. The van der Waals surface area contributed by atoms with E-state index in [1.165, 1.54) is 14.1 Å². The summed E-state index contributed by atoms with van der Waals surface area (Å²) in [6.07, 6.45) is 0. The van der Waals surface area contributed by atoms with Crippen molar-refractivity contribution in [2.24, 2.45) is 0 Å². The van der Waals surface area contributed by atoms with Gasteiger partial charge in [0.1, 0.15) is 5.21 Å². The van der Waals surface area contributed by atoms with Crippen molar-refractivity contribution in [3.05, 3.63) is 0 Å². The van der Waals surface area contributed by atoms with Crippen LogP contribution in [0.3, 0.4) is 0 Å². The van der Waals surface area contributed by atoms with Crippen molar-refractivity contribution in [3.8, 4) is 0 Å². The predicted octanol–water partition coefficient (Wildman–Crippen LogP) is -1.01. The van der Waals surface area contributed by atoms with Crippen LogP contribution in [-0.2, 0) is 20.0 Å². The molecule has 0 saturated heterocycles. The summed E-state index contributed by atoms with van der Waals surface area (Å²) in [6.45, 7) is -0.171. The van der Waals surface area contributed by atoms with Crippen molar-refractivity contribution < 1.29 is 16.8 Å². The molecule has 0 bridgehead atoms. The molecular formula is C5H13ClN2O4S2. The van der Waals surface area contributed by atoms with Crippen LogP contribution < -0.4 is 4.72 Å². The normalized spacial score (nSPS) is 13.4. The lowest BCUT2D eigenvalue weighted by Gasteiger charge is -2.10. The topological polar surface area (TPSA) is 83.6 Å². The number of sulfonamides is 2. The maximum atomic E-state index is 11.2. The van der Waals surface area contributed by atoms with E-state index >= 15 is 0 Å². The number of rotatable bonds is 6. The molecule has 0 aromatic rings. The molecule has 0 atom stereocenters. The summed E-state index contributed by atoms with van der Waals surface area (Å²) in [5, 5.41) is -0.574. The van der Waals surface area contributed by atoms with Gasteiger partial charge in [0, 0.05) is 20.6 Å². The SMILES string of the molecule is CN(C)S(=O)(=O)CCNS(=O)(=O)CCl. The molecule has 0 saturated carbocycles. The molecule has 0 rings (SSSR count). The highest BCUT2D eigenvalue weighted by Crippen LogP contribution is 1.94. The molecule has 14 heavy (non-hydrogen) atoms. The minimum Gasteiger partial charge on any atom is -0.213 e. The van der Waals surface area contributed by atoms with Crippen LogP contribution in [0.15, 0.2) is 0 Å². The fourth-order valence-corrected chi connectivity index (χ4v) is 2.12. The molecule has 0 amide bonds. The fourth-order valence-electron chi connectivity index (χ4n) is 0.547. The van der Waals surface area contributed by atoms with Crippen molar-refractivity contribution in [2.45, 2.75) is 0 Å². The van der Waals surface area contributed by atoms with E-state index in [0.29, 0.717) is 0 Å². The second-order valence-electron chi connectivity index (χ2n) is 2.72. The van der Waals surface area contributed by atoms with Crippen molar-refractivity contribution in [3.63, 3.8) is 0 Å². The third-order valence-corrected chi connectivity index (χ3v) is 5.01. The first kappa shape index (κ1) is 14.1. The number of nitrogens with zero attached hydrogens (tertiary/aromatic N) is 1. The Balaban J connectivity index is 4.12. The van der Waals surface area contributed by atoms with Gasteiger partial charge in [-0.15, -0.1) is 11.6 Å². The van der Waals surface area contributed by atoms with Crippen LogP contribution in [0, 0.1) is 0 Å². The van der Waals surface area contributed by atoms with Gasteiger partial charge in [0.15, 0.2) is 0 Å². The first-order valence-corrected chi connectivity index (χ1v) is 7.44. The lowest BCUT2D eigenvalue weighted by Crippen LogP contribution is -2.34. The van der Waals surface area contributed by atoms with E-state index in [1.54, 1.807) is 0 Å². The van der Waals surface area contributed by atoms with E-state index in [-0.39, 0.29) is 12.3 Å². The molecule has 0 fully saturated rings. The van der Waals surface area contributed by atoms with Crippen LogP contribution >= 0.6 is 11.6 Å². The molecule has 6 nitrogen and oxygen atoms in total. The Bertz CT molecular complexity index is 361. The number of alkyl halides is 1. The van der Waals surface area contributed by atoms with E-state index in [1.807, 2.05) is 0 Å². The fraction of sp³-hybridized carbons (Fsp3) is 1.00. The zero-order chi connectivity index (χ0) is 11.4. The predicted molar refractivity (Wildman–Crippen MR) is 55.1 cm³/mol. The Morgan fingerprint density at radius 1 is 1.21 bits per heavy atom. The molecule has 86 valence electrons. The molecule has 1 N–H and O–H groups in total. The Morgan fingerprint density at radius 3 is 2.07 bits per heavy atom. The molecule has 0 radical (unpaired) electrons. The summed E-state index contributed by atoms with van der Waals surface area (Å²) in [5.41, 5.74) is 0. The second-order valence-corrected chi connectivity index (χ2v) is 7.41. The lowest BCUT2D eigenvalue weighted by atomic mass is 10.8. The Morgan fingerprint density at radius 2 is 1.71 bits per heavy atom. The molecular weight excluding hydrogens is 252 g/mol. The van der Waals surface area contributed by atoms with Gasteiger partial charge < -0.3 is 0 Å². The average Bonchev–Trinajstić information content (AvgIpc) is 2.03. The van der Waals surface area contributed by atoms with Gasteiger partial charge in [0.25, 0.3) is 0 Å². The standard InChI is InChI=1S/C5H13ClN2O4S2/c1-8(2)14(11,12)4-3-7-13(9,10)5-6/h7H,3-5H2,1-2H3. The van der Waals surface area contributed by atoms with Crippen LogP contribution in [0.2, 0.25) is 0 Å². The molecule has 0 aliphatic rings. The summed E-state index contributed by atoms with van der Waals surface area (Å²) >= 11 is 5.10. The van der Waals surface area contributed by atoms with Crippen molar-refractivity contribution in [2.75, 3.05) is 31.6 Å². The van der Waals surface area contributed by atoms with E-state index in [2.05, 4.69) is 4.72 Å². The molecule has 9 heteroatoms. The first-order valence-electron chi connectivity index (χ1n) is 3.65. The van der Waals surface area contributed by atoms with Crippen molar-refractivity contribution >= 4 is 31.6 Å². The van der Waals surface area contributed by atoms with E-state index in [0.717, 1.165) is 4.31 Å². The van der Waals surface area contributed by atoms with Crippen molar-refractivity contribution in [1.29, 1.82) is 0 Å². The number of nitrogens with one attached hydrogen (secondary N) is 1. The highest BCUT2D eigenvalue weighted by Gasteiger charge is 2.15. The van der Waals surface area contributed by atoms with Gasteiger partial charge in [-0.05, 0) is 0 Å². The maximum Gasteiger partial charge on any atom is 0.225 e. The molecule has 0 spiro atoms. The number of hydrogen-bond donors (Lipinski definition) is 1. The minimum absolute atomic E-state index is 0.171. The second kappa shape index (κ2) is 5.26. The number of hydrogen-bond acceptors (Lipinski definition) is 4. The Labute approximate surface area is 89.3 Å². The zero-order valence-electron chi connectivity index (χ0n) is 7.90. The zero-order valence-corrected chi connectivity index (χ0v) is 10.3. The minimum atomic E-state index is -3.54. The Kier molecular flexibility index (Phi) is 5.31. The summed E-state index contributed by atoms with van der Waals surface area (Å²) in [5.74, 6) is -0.282. The largest absolute Gasteiger partial charge is 0.225 e. The highest BCUT2D eigenvalue weighted by molar-refractivity contribution is 7.91. The third-order valence-electron chi connectivity index (χ3n) is 1.38. The van der Waals surface area contributed by atoms with Crippen LogP contribution in [0.1, 0.15) is 0 Å². The van der Waals surface area contributed by atoms with Gasteiger partial charge in [0.05, 0.1) is 5.75 Å². The van der Waals surface area contributed by atoms with Gasteiger partial charge in [-0.25, -0.2) is 25.9 Å². The summed E-state index contributed by atoms with van der Waals surface area (Å²) in [7, 11) is -4.14. The van der Waals surface area contributed by atoms with Gasteiger partial charge in [0.2, 0.25) is 20.0 Å². The molecule has 0 aliphatic carbocycles. The summed E-state index contributed by atoms with van der Waals surface area (Å²) in [4.78, 5) is 0. The molecule has 0 unspecified atom stereocenters. The van der Waals surface area contributed by atoms with Gasteiger partial charge in [-0.1, -0.05) is 0 Å². The third kappa shape index (κ3) is 5.11. The van der Waals surface area contributed by atoms with Crippen LogP contribution in [0.25, 0.3) is 0 Å². The van der Waals surface area contributed by atoms with Gasteiger partial charge >= 0.3 is 0 Å². The molecule has 0 aromatic heterocycles. The van der Waals surface area contributed by atoms with Crippen LogP contribution in [0.5, 0.6) is 0 Å². The smallest absolute Gasteiger partial charge is 0.213 e. The first-order chi connectivity index (χ1) is 6.21.